The monoisotopic (exact) mass is 338 g/mol. The summed E-state index contributed by atoms with van der Waals surface area (Å²) in [5.74, 6) is 0.509. The molecule has 0 radical (unpaired) electrons. The number of benzene rings is 1. The molecular weight excluding hydrogens is 316 g/mol. The van der Waals surface area contributed by atoms with Crippen molar-refractivity contribution < 1.29 is 9.53 Å². The zero-order valence-corrected chi connectivity index (χ0v) is 14.9. The smallest absolute Gasteiger partial charge is 0.272 e. The first kappa shape index (κ1) is 17.0. The molecule has 2 heterocycles. The molecule has 0 aliphatic heterocycles. The fraction of sp³-hybridized carbons (Fsp3) is 0.316. The standard InChI is InChI=1S/C19H22N4O2/c1-19(2,3)16-12-23-17(21-16)10-9-14(22-23)18(24)20-11-13-7-5-6-8-15(13)25-4/h5-10,12H,11H2,1-4H3,(H,20,24). The van der Waals surface area contributed by atoms with Crippen molar-refractivity contribution in [3.8, 4) is 5.75 Å². The van der Waals surface area contributed by atoms with E-state index in [2.05, 4.69) is 36.2 Å². The number of para-hydroxylation sites is 1. The second-order valence-electron chi connectivity index (χ2n) is 6.89. The molecule has 0 saturated carbocycles. The molecule has 1 N–H and O–H groups in total. The van der Waals surface area contributed by atoms with Gasteiger partial charge in [0.1, 0.15) is 11.4 Å². The number of fused-ring (bicyclic) bond motifs is 1. The van der Waals surface area contributed by atoms with Gasteiger partial charge in [0.05, 0.1) is 19.0 Å². The molecule has 2 aromatic heterocycles. The van der Waals surface area contributed by atoms with E-state index in [0.717, 1.165) is 22.7 Å². The van der Waals surface area contributed by atoms with Crippen molar-refractivity contribution in [2.45, 2.75) is 32.7 Å². The van der Waals surface area contributed by atoms with Crippen LogP contribution in [0.5, 0.6) is 5.75 Å². The van der Waals surface area contributed by atoms with Crippen molar-refractivity contribution in [3.63, 3.8) is 0 Å². The molecule has 0 fully saturated rings. The molecule has 6 nitrogen and oxygen atoms in total. The van der Waals surface area contributed by atoms with Gasteiger partial charge < -0.3 is 10.1 Å². The topological polar surface area (TPSA) is 68.5 Å². The quantitative estimate of drug-likeness (QED) is 0.794. The van der Waals surface area contributed by atoms with Crippen LogP contribution >= 0.6 is 0 Å². The van der Waals surface area contributed by atoms with E-state index < -0.39 is 0 Å². The van der Waals surface area contributed by atoms with Gasteiger partial charge in [-0.15, -0.1) is 0 Å². The zero-order valence-electron chi connectivity index (χ0n) is 14.9. The van der Waals surface area contributed by atoms with E-state index in [-0.39, 0.29) is 11.3 Å². The number of carbonyl (C=O) groups excluding carboxylic acids is 1. The van der Waals surface area contributed by atoms with Gasteiger partial charge in [-0.2, -0.15) is 5.10 Å². The molecule has 0 saturated heterocycles. The van der Waals surface area contributed by atoms with Crippen LogP contribution < -0.4 is 10.1 Å². The number of nitrogens with zero attached hydrogens (tertiary/aromatic N) is 3. The van der Waals surface area contributed by atoms with Crippen molar-refractivity contribution in [3.05, 3.63) is 59.5 Å². The number of ether oxygens (including phenoxy) is 1. The first-order chi connectivity index (χ1) is 11.9. The second kappa shape index (κ2) is 6.55. The molecule has 0 atom stereocenters. The van der Waals surface area contributed by atoms with Gasteiger partial charge in [0.15, 0.2) is 5.65 Å². The Kier molecular flexibility index (Phi) is 4.44. The molecule has 3 rings (SSSR count). The predicted molar refractivity (Wildman–Crippen MR) is 95.9 cm³/mol. The molecule has 25 heavy (non-hydrogen) atoms. The van der Waals surface area contributed by atoms with E-state index in [9.17, 15) is 4.79 Å². The second-order valence-corrected chi connectivity index (χ2v) is 6.89. The first-order valence-electron chi connectivity index (χ1n) is 8.15. The third-order valence-corrected chi connectivity index (χ3v) is 3.95. The molecular formula is C19H22N4O2. The van der Waals surface area contributed by atoms with E-state index in [1.807, 2.05) is 30.5 Å². The van der Waals surface area contributed by atoms with Gasteiger partial charge in [0, 0.05) is 17.5 Å². The summed E-state index contributed by atoms with van der Waals surface area (Å²) < 4.78 is 6.95. The molecule has 130 valence electrons. The average molecular weight is 338 g/mol. The summed E-state index contributed by atoms with van der Waals surface area (Å²) in [4.78, 5) is 17.0. The van der Waals surface area contributed by atoms with E-state index in [4.69, 9.17) is 4.74 Å². The van der Waals surface area contributed by atoms with Gasteiger partial charge in [-0.05, 0) is 18.2 Å². The van der Waals surface area contributed by atoms with Crippen LogP contribution in [0.1, 0.15) is 42.5 Å². The summed E-state index contributed by atoms with van der Waals surface area (Å²) >= 11 is 0. The molecule has 1 amide bonds. The Bertz CT molecular complexity index is 909. The minimum Gasteiger partial charge on any atom is -0.496 e. The lowest BCUT2D eigenvalue weighted by Crippen LogP contribution is -2.24. The number of rotatable bonds is 4. The van der Waals surface area contributed by atoms with E-state index >= 15 is 0 Å². The maximum atomic E-state index is 12.4. The zero-order chi connectivity index (χ0) is 18.0. The van der Waals surface area contributed by atoms with E-state index in [1.54, 1.807) is 23.8 Å². The number of hydrogen-bond acceptors (Lipinski definition) is 4. The van der Waals surface area contributed by atoms with Gasteiger partial charge in [-0.25, -0.2) is 9.50 Å². The van der Waals surface area contributed by atoms with Crippen LogP contribution in [0.25, 0.3) is 5.65 Å². The number of amides is 1. The van der Waals surface area contributed by atoms with Crippen LogP contribution in [0, 0.1) is 0 Å². The van der Waals surface area contributed by atoms with Gasteiger partial charge >= 0.3 is 0 Å². The number of imidazole rings is 1. The van der Waals surface area contributed by atoms with Crippen LogP contribution in [-0.2, 0) is 12.0 Å². The van der Waals surface area contributed by atoms with Crippen LogP contribution in [0.3, 0.4) is 0 Å². The minimum atomic E-state index is -0.237. The lowest BCUT2D eigenvalue weighted by atomic mass is 9.93. The summed E-state index contributed by atoms with van der Waals surface area (Å²) in [5, 5.41) is 7.25. The minimum absolute atomic E-state index is 0.0695. The molecule has 6 heteroatoms. The third kappa shape index (κ3) is 3.63. The van der Waals surface area contributed by atoms with Crippen LogP contribution in [0.4, 0.5) is 0 Å². The molecule has 0 spiro atoms. The lowest BCUT2D eigenvalue weighted by molar-refractivity contribution is 0.0944. The first-order valence-corrected chi connectivity index (χ1v) is 8.15. The van der Waals surface area contributed by atoms with Gasteiger partial charge in [0.25, 0.3) is 5.91 Å². The number of hydrogen-bond donors (Lipinski definition) is 1. The van der Waals surface area contributed by atoms with Crippen LogP contribution in [0.15, 0.2) is 42.6 Å². The Morgan fingerprint density at radius 1 is 1.20 bits per heavy atom. The molecule has 0 unspecified atom stereocenters. The lowest BCUT2D eigenvalue weighted by Gasteiger charge is -2.13. The SMILES string of the molecule is COc1ccccc1CNC(=O)c1ccc2nc(C(C)(C)C)cn2n1. The fourth-order valence-electron chi connectivity index (χ4n) is 2.48. The van der Waals surface area contributed by atoms with Crippen molar-refractivity contribution >= 4 is 11.6 Å². The van der Waals surface area contributed by atoms with Crippen LogP contribution in [-0.4, -0.2) is 27.6 Å². The van der Waals surface area contributed by atoms with Gasteiger partial charge in [-0.1, -0.05) is 39.0 Å². The Labute approximate surface area is 146 Å². The highest BCUT2D eigenvalue weighted by Gasteiger charge is 2.18. The summed E-state index contributed by atoms with van der Waals surface area (Å²) in [7, 11) is 1.61. The number of methoxy groups -OCH3 is 1. The highest BCUT2D eigenvalue weighted by atomic mass is 16.5. The van der Waals surface area contributed by atoms with E-state index in [0.29, 0.717) is 12.2 Å². The molecule has 0 bridgehead atoms. The highest BCUT2D eigenvalue weighted by molar-refractivity contribution is 5.92. The highest BCUT2D eigenvalue weighted by Crippen LogP contribution is 2.21. The number of nitrogens with one attached hydrogen (secondary N) is 1. The van der Waals surface area contributed by atoms with Crippen molar-refractivity contribution in [1.82, 2.24) is 19.9 Å². The Morgan fingerprint density at radius 3 is 2.68 bits per heavy atom. The molecule has 3 aromatic rings. The Morgan fingerprint density at radius 2 is 1.96 bits per heavy atom. The summed E-state index contributed by atoms with van der Waals surface area (Å²) in [6, 6.07) is 11.1. The predicted octanol–water partition coefficient (Wildman–Crippen LogP) is 2.97. The van der Waals surface area contributed by atoms with Crippen molar-refractivity contribution in [2.24, 2.45) is 0 Å². The molecule has 0 aliphatic carbocycles. The Hall–Kier alpha value is -2.89. The average Bonchev–Trinajstić information content (AvgIpc) is 3.03. The van der Waals surface area contributed by atoms with Crippen molar-refractivity contribution in [1.29, 1.82) is 0 Å². The van der Waals surface area contributed by atoms with Gasteiger partial charge in [-0.3, -0.25) is 4.79 Å². The molecule has 1 aromatic carbocycles. The normalized spacial score (nSPS) is 11.5. The maximum absolute atomic E-state index is 12.4. The van der Waals surface area contributed by atoms with Crippen LogP contribution in [0.2, 0.25) is 0 Å². The summed E-state index contributed by atoms with van der Waals surface area (Å²) in [6.45, 7) is 6.65. The maximum Gasteiger partial charge on any atom is 0.272 e. The van der Waals surface area contributed by atoms with Crippen molar-refractivity contribution in [2.75, 3.05) is 7.11 Å². The largest absolute Gasteiger partial charge is 0.496 e. The van der Waals surface area contributed by atoms with E-state index in [1.165, 1.54) is 0 Å². The fourth-order valence-corrected chi connectivity index (χ4v) is 2.48. The molecule has 0 aliphatic rings. The van der Waals surface area contributed by atoms with Gasteiger partial charge in [0.2, 0.25) is 0 Å². The third-order valence-electron chi connectivity index (χ3n) is 3.95. The summed E-state index contributed by atoms with van der Waals surface area (Å²) in [6.07, 6.45) is 1.87. The number of carbonyl (C=O) groups is 1. The summed E-state index contributed by atoms with van der Waals surface area (Å²) in [5.41, 5.74) is 2.86. The number of aromatic nitrogens is 3. The Balaban J connectivity index is 1.78.